The summed E-state index contributed by atoms with van der Waals surface area (Å²) in [6.07, 6.45) is 1.59. The van der Waals surface area contributed by atoms with Crippen molar-refractivity contribution < 1.29 is 9.94 Å². The van der Waals surface area contributed by atoms with Gasteiger partial charge in [0.25, 0.3) is 0 Å². The minimum absolute atomic E-state index is 0.0596. The van der Waals surface area contributed by atoms with Crippen LogP contribution in [-0.2, 0) is 0 Å². The Bertz CT molecular complexity index is 677. The molecule has 20 heavy (non-hydrogen) atoms. The number of hydrogen-bond acceptors (Lipinski definition) is 4. The molecular weight excluding hydrogens is 346 g/mol. The minimum Gasteiger partial charge on any atom is -0.437 e. The van der Waals surface area contributed by atoms with Crippen molar-refractivity contribution in [3.8, 4) is 11.6 Å². The van der Waals surface area contributed by atoms with Crippen LogP contribution >= 0.6 is 27.5 Å². The van der Waals surface area contributed by atoms with Gasteiger partial charge in [0.15, 0.2) is 5.84 Å². The number of benzene rings is 1. The fourth-order valence-corrected chi connectivity index (χ4v) is 2.40. The van der Waals surface area contributed by atoms with Gasteiger partial charge in [-0.15, -0.1) is 0 Å². The number of oxime groups is 1. The van der Waals surface area contributed by atoms with E-state index < -0.39 is 0 Å². The third kappa shape index (κ3) is 3.02. The Labute approximate surface area is 129 Å². The van der Waals surface area contributed by atoms with Crippen LogP contribution in [-0.4, -0.2) is 16.0 Å². The van der Waals surface area contributed by atoms with Gasteiger partial charge in [-0.2, -0.15) is 0 Å². The van der Waals surface area contributed by atoms with E-state index in [1.807, 2.05) is 6.92 Å². The average molecular weight is 357 g/mol. The van der Waals surface area contributed by atoms with Crippen LogP contribution in [0, 0.1) is 6.92 Å². The van der Waals surface area contributed by atoms with Crippen LogP contribution in [0.25, 0.3) is 0 Å². The standard InChI is InChI=1S/C13H11BrClN3O2/c1-7-4-5-17-13(11(7)12(16)18-19)20-10-3-2-8(15)6-9(10)14/h2-6,19H,1H3,(H2,16,18). The zero-order chi connectivity index (χ0) is 14.7. The molecule has 0 aliphatic rings. The van der Waals surface area contributed by atoms with Gasteiger partial charge in [0.05, 0.1) is 10.0 Å². The molecule has 0 unspecified atom stereocenters. The molecule has 1 aromatic heterocycles. The Balaban J connectivity index is 2.46. The number of nitrogens with two attached hydrogens (primary N) is 1. The zero-order valence-electron chi connectivity index (χ0n) is 10.5. The van der Waals surface area contributed by atoms with Gasteiger partial charge in [-0.25, -0.2) is 4.98 Å². The van der Waals surface area contributed by atoms with Crippen molar-refractivity contribution in [1.82, 2.24) is 4.98 Å². The van der Waals surface area contributed by atoms with Crippen LogP contribution in [0.1, 0.15) is 11.1 Å². The van der Waals surface area contributed by atoms with E-state index in [1.165, 1.54) is 0 Å². The summed E-state index contributed by atoms with van der Waals surface area (Å²) < 4.78 is 6.39. The Kier molecular flexibility index (Phi) is 4.46. The zero-order valence-corrected chi connectivity index (χ0v) is 12.8. The van der Waals surface area contributed by atoms with Crippen molar-refractivity contribution >= 4 is 33.4 Å². The van der Waals surface area contributed by atoms with E-state index in [2.05, 4.69) is 26.1 Å². The van der Waals surface area contributed by atoms with Crippen LogP contribution in [0.4, 0.5) is 0 Å². The Hall–Kier alpha value is -1.79. The summed E-state index contributed by atoms with van der Waals surface area (Å²) in [6.45, 7) is 1.82. The topological polar surface area (TPSA) is 80.7 Å². The molecule has 1 aromatic carbocycles. The molecule has 2 aromatic rings. The van der Waals surface area contributed by atoms with E-state index in [0.717, 1.165) is 5.56 Å². The Morgan fingerprint density at radius 1 is 1.45 bits per heavy atom. The molecule has 0 saturated heterocycles. The molecule has 5 nitrogen and oxygen atoms in total. The highest BCUT2D eigenvalue weighted by Crippen LogP contribution is 2.32. The molecule has 104 valence electrons. The number of amidine groups is 1. The molecular formula is C13H11BrClN3O2. The number of nitrogens with zero attached hydrogens (tertiary/aromatic N) is 2. The number of aromatic nitrogens is 1. The third-order valence-corrected chi connectivity index (χ3v) is 3.44. The molecule has 0 fully saturated rings. The van der Waals surface area contributed by atoms with Crippen molar-refractivity contribution in [2.45, 2.75) is 6.92 Å². The maximum absolute atomic E-state index is 8.85. The van der Waals surface area contributed by atoms with Crippen LogP contribution in [0.2, 0.25) is 5.02 Å². The first-order chi connectivity index (χ1) is 9.52. The largest absolute Gasteiger partial charge is 0.437 e. The summed E-state index contributed by atoms with van der Waals surface area (Å²) in [7, 11) is 0. The van der Waals surface area contributed by atoms with E-state index in [0.29, 0.717) is 20.8 Å². The summed E-state index contributed by atoms with van der Waals surface area (Å²) in [5.74, 6) is 0.721. The molecule has 7 heteroatoms. The summed E-state index contributed by atoms with van der Waals surface area (Å²) in [4.78, 5) is 4.12. The smallest absolute Gasteiger partial charge is 0.230 e. The normalized spacial score (nSPS) is 11.4. The van der Waals surface area contributed by atoms with Gasteiger partial charge >= 0.3 is 0 Å². The fourth-order valence-electron chi connectivity index (χ4n) is 1.63. The summed E-state index contributed by atoms with van der Waals surface area (Å²) in [6, 6.07) is 6.85. The second-order valence-electron chi connectivity index (χ2n) is 3.97. The maximum Gasteiger partial charge on any atom is 0.230 e. The first-order valence-electron chi connectivity index (χ1n) is 5.59. The van der Waals surface area contributed by atoms with Gasteiger partial charge in [0.1, 0.15) is 5.75 Å². The van der Waals surface area contributed by atoms with Gasteiger partial charge in [-0.3, -0.25) is 0 Å². The lowest BCUT2D eigenvalue weighted by molar-refractivity contribution is 0.318. The highest BCUT2D eigenvalue weighted by Gasteiger charge is 2.15. The van der Waals surface area contributed by atoms with Crippen LogP contribution < -0.4 is 10.5 Å². The molecule has 0 bridgehead atoms. The Morgan fingerprint density at radius 3 is 2.85 bits per heavy atom. The average Bonchev–Trinajstić information content (AvgIpc) is 2.41. The highest BCUT2D eigenvalue weighted by molar-refractivity contribution is 9.10. The summed E-state index contributed by atoms with van der Waals surface area (Å²) in [5.41, 5.74) is 6.89. The molecule has 2 rings (SSSR count). The number of ether oxygens (including phenoxy) is 1. The quantitative estimate of drug-likeness (QED) is 0.380. The molecule has 3 N–H and O–H groups in total. The summed E-state index contributed by atoms with van der Waals surface area (Å²) in [5, 5.41) is 12.4. The van der Waals surface area contributed by atoms with E-state index in [4.69, 9.17) is 27.3 Å². The molecule has 0 spiro atoms. The van der Waals surface area contributed by atoms with E-state index in [1.54, 1.807) is 30.5 Å². The fraction of sp³-hybridized carbons (Fsp3) is 0.0769. The first-order valence-corrected chi connectivity index (χ1v) is 6.76. The molecule has 1 heterocycles. The lowest BCUT2D eigenvalue weighted by Crippen LogP contribution is -2.16. The van der Waals surface area contributed by atoms with E-state index >= 15 is 0 Å². The van der Waals surface area contributed by atoms with E-state index in [9.17, 15) is 0 Å². The third-order valence-electron chi connectivity index (χ3n) is 2.59. The van der Waals surface area contributed by atoms with E-state index in [-0.39, 0.29) is 11.7 Å². The number of rotatable bonds is 3. The number of halogens is 2. The lowest BCUT2D eigenvalue weighted by Gasteiger charge is -2.12. The molecule has 0 atom stereocenters. The highest BCUT2D eigenvalue weighted by atomic mass is 79.9. The van der Waals surface area contributed by atoms with Crippen molar-refractivity contribution in [2.75, 3.05) is 0 Å². The lowest BCUT2D eigenvalue weighted by atomic mass is 10.1. The van der Waals surface area contributed by atoms with Crippen LogP contribution in [0.15, 0.2) is 40.1 Å². The van der Waals surface area contributed by atoms with Gasteiger partial charge in [0.2, 0.25) is 5.88 Å². The van der Waals surface area contributed by atoms with Crippen molar-refractivity contribution in [3.05, 3.63) is 51.1 Å². The van der Waals surface area contributed by atoms with Crippen molar-refractivity contribution in [3.63, 3.8) is 0 Å². The number of hydrogen-bond donors (Lipinski definition) is 2. The molecule has 0 radical (unpaired) electrons. The maximum atomic E-state index is 8.85. The van der Waals surface area contributed by atoms with Gasteiger partial charge < -0.3 is 15.7 Å². The van der Waals surface area contributed by atoms with Crippen molar-refractivity contribution in [1.29, 1.82) is 0 Å². The van der Waals surface area contributed by atoms with Crippen molar-refractivity contribution in [2.24, 2.45) is 10.9 Å². The number of aryl methyl sites for hydroxylation is 1. The van der Waals surface area contributed by atoms with Crippen LogP contribution in [0.5, 0.6) is 11.6 Å². The molecule has 0 aliphatic heterocycles. The minimum atomic E-state index is -0.0596. The summed E-state index contributed by atoms with van der Waals surface area (Å²) >= 11 is 9.23. The second kappa shape index (κ2) is 6.11. The second-order valence-corrected chi connectivity index (χ2v) is 5.26. The predicted molar refractivity (Wildman–Crippen MR) is 80.7 cm³/mol. The van der Waals surface area contributed by atoms with Crippen LogP contribution in [0.3, 0.4) is 0 Å². The number of pyridine rings is 1. The predicted octanol–water partition coefficient (Wildman–Crippen LogP) is 3.69. The molecule has 0 amide bonds. The first kappa shape index (κ1) is 14.6. The SMILES string of the molecule is Cc1ccnc(Oc2ccc(Cl)cc2Br)c1/C(N)=N/O. The van der Waals surface area contributed by atoms with Gasteiger partial charge in [-0.1, -0.05) is 16.8 Å². The van der Waals surface area contributed by atoms with Gasteiger partial charge in [0, 0.05) is 11.2 Å². The van der Waals surface area contributed by atoms with Gasteiger partial charge in [-0.05, 0) is 52.7 Å². The molecule has 0 saturated carbocycles. The Morgan fingerprint density at radius 2 is 2.20 bits per heavy atom. The monoisotopic (exact) mass is 355 g/mol. The molecule has 0 aliphatic carbocycles.